The number of fused-ring (bicyclic) bond motifs is 1. The summed E-state index contributed by atoms with van der Waals surface area (Å²) in [7, 11) is 1.92. The fraction of sp³-hybridized carbons (Fsp3) is 0.222. The Morgan fingerprint density at radius 1 is 1.16 bits per heavy atom. The minimum atomic E-state index is -2.97. The molecule has 132 valence electrons. The zero-order valence-corrected chi connectivity index (χ0v) is 15.3. The monoisotopic (exact) mass is 410 g/mol. The fourth-order valence-corrected chi connectivity index (χ4v) is 2.83. The molecule has 0 radical (unpaired) electrons. The Kier molecular flexibility index (Phi) is 5.89. The van der Waals surface area contributed by atoms with Crippen LogP contribution >= 0.6 is 0 Å². The Bertz CT molecular complexity index is 909. The van der Waals surface area contributed by atoms with Gasteiger partial charge in [-0.05, 0) is 24.3 Å². The number of nitrogens with zero attached hydrogens (tertiary/aromatic N) is 2. The van der Waals surface area contributed by atoms with Gasteiger partial charge >= 0.3 is 6.61 Å². The Morgan fingerprint density at radius 3 is 2.52 bits per heavy atom. The maximum Gasteiger partial charge on any atom is 0.387 e. The summed E-state index contributed by atoms with van der Waals surface area (Å²) in [6, 6.07) is 13.8. The van der Waals surface area contributed by atoms with Gasteiger partial charge in [0.05, 0.1) is 12.6 Å². The van der Waals surface area contributed by atoms with Crippen molar-refractivity contribution in [2.24, 2.45) is 7.05 Å². The van der Waals surface area contributed by atoms with Gasteiger partial charge in [-0.1, -0.05) is 24.3 Å². The Labute approximate surface area is 154 Å². The Hall–Kier alpha value is -2.28. The van der Waals surface area contributed by atoms with Gasteiger partial charge in [-0.2, -0.15) is 8.78 Å². The van der Waals surface area contributed by atoms with E-state index >= 15 is 0 Å². The normalized spacial score (nSPS) is 10.8. The second-order valence-corrected chi connectivity index (χ2v) is 5.48. The van der Waals surface area contributed by atoms with Gasteiger partial charge in [0.1, 0.15) is 5.75 Å². The third-order valence-corrected chi connectivity index (χ3v) is 4.12. The number of imidazole rings is 1. The van der Waals surface area contributed by atoms with Crippen molar-refractivity contribution in [2.45, 2.75) is 20.1 Å². The van der Waals surface area contributed by atoms with Gasteiger partial charge in [0.2, 0.25) is 5.78 Å². The van der Waals surface area contributed by atoms with Crippen LogP contribution in [0.4, 0.5) is 8.78 Å². The third-order valence-electron chi connectivity index (χ3n) is 4.12. The summed E-state index contributed by atoms with van der Waals surface area (Å²) in [5.74, 6) is 0.517. The number of ketones is 1. The highest BCUT2D eigenvalue weighted by Crippen LogP contribution is 2.22. The standard InChI is InChI=1S/C18H17F2N2O2.BrH/c1-12-21(2)14-8-4-5-9-15(14)22(12)11-16(23)13-7-3-6-10-17(13)24-18(19)20;/h3-10,18H,11H2,1-2H3;1H/q+1;/p-1. The number of aryl methyl sites for hydroxylation is 1. The first-order valence-electron chi connectivity index (χ1n) is 7.50. The average molecular weight is 411 g/mol. The van der Waals surface area contributed by atoms with Crippen LogP contribution < -0.4 is 26.3 Å². The van der Waals surface area contributed by atoms with E-state index in [1.165, 1.54) is 12.1 Å². The van der Waals surface area contributed by atoms with Crippen molar-refractivity contribution >= 4 is 16.8 Å². The molecular weight excluding hydrogens is 394 g/mol. The predicted octanol–water partition coefficient (Wildman–Crippen LogP) is 0.263. The quantitative estimate of drug-likeness (QED) is 0.446. The Balaban J connectivity index is 0.00000225. The Morgan fingerprint density at radius 2 is 1.80 bits per heavy atom. The van der Waals surface area contributed by atoms with Crippen molar-refractivity contribution in [3.8, 4) is 5.75 Å². The lowest BCUT2D eigenvalue weighted by Crippen LogP contribution is -3.00. The molecule has 0 saturated heterocycles. The molecule has 4 nitrogen and oxygen atoms in total. The maximum absolute atomic E-state index is 12.7. The first-order chi connectivity index (χ1) is 11.5. The molecule has 0 aliphatic heterocycles. The lowest BCUT2D eigenvalue weighted by Gasteiger charge is -2.09. The second-order valence-electron chi connectivity index (χ2n) is 5.48. The van der Waals surface area contributed by atoms with E-state index in [-0.39, 0.29) is 40.6 Å². The molecule has 7 heteroatoms. The third kappa shape index (κ3) is 3.71. The van der Waals surface area contributed by atoms with Crippen molar-refractivity contribution in [1.29, 1.82) is 0 Å². The van der Waals surface area contributed by atoms with Crippen LogP contribution in [0.15, 0.2) is 48.5 Å². The van der Waals surface area contributed by atoms with E-state index in [0.29, 0.717) is 0 Å². The lowest BCUT2D eigenvalue weighted by atomic mass is 10.1. The molecule has 0 atom stereocenters. The lowest BCUT2D eigenvalue weighted by molar-refractivity contribution is -0.652. The van der Waals surface area contributed by atoms with E-state index in [2.05, 4.69) is 4.74 Å². The van der Waals surface area contributed by atoms with Crippen LogP contribution in [0.2, 0.25) is 0 Å². The molecular formula is C18H17BrF2N2O2. The molecule has 0 amide bonds. The highest BCUT2D eigenvalue weighted by Gasteiger charge is 2.23. The summed E-state index contributed by atoms with van der Waals surface area (Å²) in [4.78, 5) is 12.7. The molecule has 2 aromatic carbocycles. The number of halogens is 3. The van der Waals surface area contributed by atoms with Crippen LogP contribution in [0.1, 0.15) is 16.2 Å². The molecule has 0 unspecified atom stereocenters. The summed E-state index contributed by atoms with van der Waals surface area (Å²) in [5.41, 5.74) is 2.07. The zero-order valence-electron chi connectivity index (χ0n) is 13.7. The fourth-order valence-electron chi connectivity index (χ4n) is 2.83. The van der Waals surface area contributed by atoms with E-state index in [1.807, 2.05) is 47.4 Å². The van der Waals surface area contributed by atoms with Gasteiger partial charge in [0.15, 0.2) is 17.6 Å². The van der Waals surface area contributed by atoms with Crippen LogP contribution in [0.25, 0.3) is 11.0 Å². The molecule has 0 N–H and O–H groups in total. The molecule has 0 saturated carbocycles. The number of hydrogen-bond acceptors (Lipinski definition) is 2. The largest absolute Gasteiger partial charge is 1.00 e. The van der Waals surface area contributed by atoms with Gasteiger partial charge in [-0.3, -0.25) is 4.79 Å². The smallest absolute Gasteiger partial charge is 0.387 e. The molecule has 0 bridgehead atoms. The van der Waals surface area contributed by atoms with E-state index < -0.39 is 6.61 Å². The molecule has 1 aromatic heterocycles. The zero-order chi connectivity index (χ0) is 17.3. The first-order valence-corrected chi connectivity index (χ1v) is 7.50. The number of hydrogen-bond donors (Lipinski definition) is 0. The number of para-hydroxylation sites is 3. The number of carbonyl (C=O) groups is 1. The van der Waals surface area contributed by atoms with Crippen LogP contribution in [-0.2, 0) is 13.6 Å². The molecule has 3 rings (SSSR count). The number of aromatic nitrogens is 2. The molecule has 25 heavy (non-hydrogen) atoms. The highest BCUT2D eigenvalue weighted by atomic mass is 79.9. The van der Waals surface area contributed by atoms with Gasteiger partial charge in [0.25, 0.3) is 5.82 Å². The molecule has 1 heterocycles. The van der Waals surface area contributed by atoms with E-state index in [0.717, 1.165) is 16.9 Å². The van der Waals surface area contributed by atoms with E-state index in [4.69, 9.17) is 0 Å². The number of carbonyl (C=O) groups excluding carboxylic acids is 1. The summed E-state index contributed by atoms with van der Waals surface area (Å²) in [6.45, 7) is -1.00. The van der Waals surface area contributed by atoms with Crippen molar-refractivity contribution in [3.63, 3.8) is 0 Å². The topological polar surface area (TPSA) is 35.1 Å². The highest BCUT2D eigenvalue weighted by molar-refractivity contribution is 5.99. The summed E-state index contributed by atoms with van der Waals surface area (Å²) >= 11 is 0. The van der Waals surface area contributed by atoms with Crippen LogP contribution in [0.3, 0.4) is 0 Å². The molecule has 0 aliphatic rings. The van der Waals surface area contributed by atoms with Crippen LogP contribution in [0, 0.1) is 6.92 Å². The molecule has 3 aromatic rings. The van der Waals surface area contributed by atoms with Crippen LogP contribution in [-0.4, -0.2) is 17.0 Å². The SMILES string of the molecule is Cc1n(CC(=O)c2ccccc2OC(F)F)c2ccccc2[n+]1C.[Br-]. The predicted molar refractivity (Wildman–Crippen MR) is 85.3 cm³/mol. The first kappa shape index (κ1) is 19.1. The number of alkyl halides is 2. The average Bonchev–Trinajstić information content (AvgIpc) is 2.80. The summed E-state index contributed by atoms with van der Waals surface area (Å²) in [5, 5.41) is 0. The van der Waals surface area contributed by atoms with Crippen molar-refractivity contribution < 1.29 is 39.9 Å². The number of ether oxygens (including phenoxy) is 1. The second kappa shape index (κ2) is 7.74. The number of benzene rings is 2. The van der Waals surface area contributed by atoms with Gasteiger partial charge in [-0.25, -0.2) is 9.13 Å². The maximum atomic E-state index is 12.7. The van der Waals surface area contributed by atoms with E-state index in [9.17, 15) is 13.6 Å². The van der Waals surface area contributed by atoms with Crippen LogP contribution in [0.5, 0.6) is 5.75 Å². The van der Waals surface area contributed by atoms with Gasteiger partial charge in [-0.15, -0.1) is 0 Å². The molecule has 0 spiro atoms. The van der Waals surface area contributed by atoms with E-state index in [1.54, 1.807) is 12.1 Å². The molecule has 0 fully saturated rings. The van der Waals surface area contributed by atoms with Crippen molar-refractivity contribution in [2.75, 3.05) is 0 Å². The number of rotatable bonds is 5. The summed E-state index contributed by atoms with van der Waals surface area (Å²) in [6.07, 6.45) is 0. The van der Waals surface area contributed by atoms with Crippen molar-refractivity contribution in [3.05, 3.63) is 59.9 Å². The minimum Gasteiger partial charge on any atom is -1.00 e. The molecule has 0 aliphatic carbocycles. The van der Waals surface area contributed by atoms with Gasteiger partial charge < -0.3 is 21.7 Å². The minimum absolute atomic E-state index is 0. The summed E-state index contributed by atoms with van der Waals surface area (Å²) < 4.78 is 33.4. The number of Topliss-reactive ketones (excluding diaryl/α,β-unsaturated/α-hetero) is 1. The van der Waals surface area contributed by atoms with Gasteiger partial charge in [0, 0.05) is 6.92 Å². The van der Waals surface area contributed by atoms with Crippen molar-refractivity contribution in [1.82, 2.24) is 4.57 Å².